The lowest BCUT2D eigenvalue weighted by molar-refractivity contribution is -0.131. The van der Waals surface area contributed by atoms with Gasteiger partial charge in [0.05, 0.1) is 7.11 Å². The van der Waals surface area contributed by atoms with Crippen LogP contribution >= 0.6 is 15.9 Å². The second-order valence-corrected chi connectivity index (χ2v) is 5.44. The van der Waals surface area contributed by atoms with E-state index in [-0.39, 0.29) is 0 Å². The molecule has 0 aliphatic heterocycles. The van der Waals surface area contributed by atoms with Crippen molar-refractivity contribution in [3.05, 3.63) is 45.0 Å². The number of carboxylic acid groups (broad SMARTS) is 1. The van der Waals surface area contributed by atoms with E-state index in [1.165, 1.54) is 6.08 Å². The summed E-state index contributed by atoms with van der Waals surface area (Å²) in [5.41, 5.74) is 5.27. The van der Waals surface area contributed by atoms with Gasteiger partial charge in [-0.15, -0.1) is 0 Å². The number of hydrogen-bond acceptors (Lipinski definition) is 2. The zero-order valence-electron chi connectivity index (χ0n) is 12.4. The third-order valence-corrected chi connectivity index (χ3v) is 4.54. The van der Waals surface area contributed by atoms with E-state index in [0.29, 0.717) is 0 Å². The van der Waals surface area contributed by atoms with Crippen molar-refractivity contribution in [1.29, 1.82) is 0 Å². The Bertz CT molecular complexity index is 598. The van der Waals surface area contributed by atoms with Gasteiger partial charge in [0.2, 0.25) is 0 Å². The smallest absolute Gasteiger partial charge is 0.328 e. The van der Waals surface area contributed by atoms with Crippen LogP contribution < -0.4 is 4.74 Å². The molecule has 0 fully saturated rings. The number of carbonyl (C=O) groups is 1. The van der Waals surface area contributed by atoms with Crippen molar-refractivity contribution in [3.63, 3.8) is 0 Å². The standard InChI is InChI=1S/C16H19BrO3/c1-9(7-6-8-13(18)19)14-12(4)15(17)10(2)11(3)16(14)20-5/h6-8H,1-5H3,(H,18,19)/b8-6+,9-7+. The number of halogens is 1. The molecular formula is C16H19BrO3. The number of carboxylic acids is 1. The van der Waals surface area contributed by atoms with Gasteiger partial charge in [-0.05, 0) is 50.0 Å². The molecule has 0 saturated carbocycles. The highest BCUT2D eigenvalue weighted by Crippen LogP contribution is 2.39. The van der Waals surface area contributed by atoms with Crippen molar-refractivity contribution in [2.45, 2.75) is 27.7 Å². The minimum Gasteiger partial charge on any atom is -0.496 e. The lowest BCUT2D eigenvalue weighted by Crippen LogP contribution is -2.00. The summed E-state index contributed by atoms with van der Waals surface area (Å²) in [7, 11) is 1.65. The normalized spacial score (nSPS) is 12.0. The highest BCUT2D eigenvalue weighted by atomic mass is 79.9. The molecule has 0 bridgehead atoms. The second kappa shape index (κ2) is 6.75. The zero-order valence-corrected chi connectivity index (χ0v) is 14.0. The Morgan fingerprint density at radius 3 is 2.30 bits per heavy atom. The van der Waals surface area contributed by atoms with E-state index in [0.717, 1.165) is 44.1 Å². The molecule has 0 atom stereocenters. The zero-order chi connectivity index (χ0) is 15.4. The van der Waals surface area contributed by atoms with Gasteiger partial charge < -0.3 is 9.84 Å². The molecule has 0 aromatic heterocycles. The molecule has 0 aliphatic rings. The van der Waals surface area contributed by atoms with Crippen molar-refractivity contribution in [3.8, 4) is 5.75 Å². The lowest BCUT2D eigenvalue weighted by Gasteiger charge is -2.19. The molecule has 0 radical (unpaired) electrons. The van der Waals surface area contributed by atoms with Crippen molar-refractivity contribution in [2.24, 2.45) is 0 Å². The molecule has 1 aromatic carbocycles. The maximum absolute atomic E-state index is 10.5. The summed E-state index contributed by atoms with van der Waals surface area (Å²) in [4.78, 5) is 10.5. The number of benzene rings is 1. The van der Waals surface area contributed by atoms with E-state index in [1.54, 1.807) is 13.2 Å². The van der Waals surface area contributed by atoms with Crippen LogP contribution in [0.15, 0.2) is 22.7 Å². The van der Waals surface area contributed by atoms with Gasteiger partial charge in [-0.25, -0.2) is 4.79 Å². The van der Waals surface area contributed by atoms with Gasteiger partial charge in [0, 0.05) is 16.1 Å². The van der Waals surface area contributed by atoms with E-state index in [2.05, 4.69) is 15.9 Å². The third-order valence-electron chi connectivity index (χ3n) is 3.35. The Morgan fingerprint density at radius 1 is 1.20 bits per heavy atom. The van der Waals surface area contributed by atoms with Gasteiger partial charge in [-0.3, -0.25) is 0 Å². The van der Waals surface area contributed by atoms with Gasteiger partial charge in [0.25, 0.3) is 0 Å². The van der Waals surface area contributed by atoms with Gasteiger partial charge in [0.15, 0.2) is 0 Å². The maximum Gasteiger partial charge on any atom is 0.328 e. The minimum atomic E-state index is -0.959. The molecule has 1 N–H and O–H groups in total. The molecule has 1 rings (SSSR count). The Labute approximate surface area is 128 Å². The first-order valence-electron chi connectivity index (χ1n) is 6.22. The van der Waals surface area contributed by atoms with Gasteiger partial charge in [0.1, 0.15) is 5.75 Å². The van der Waals surface area contributed by atoms with E-state index in [4.69, 9.17) is 9.84 Å². The average molecular weight is 339 g/mol. The monoisotopic (exact) mass is 338 g/mol. The van der Waals surface area contributed by atoms with Gasteiger partial charge in [-0.1, -0.05) is 28.1 Å². The van der Waals surface area contributed by atoms with E-state index < -0.39 is 5.97 Å². The number of hydrogen-bond donors (Lipinski definition) is 1. The fourth-order valence-electron chi connectivity index (χ4n) is 2.17. The first kappa shape index (κ1) is 16.5. The SMILES string of the molecule is COc1c(C)c(C)c(Br)c(C)c1/C(C)=C/C=C/C(=O)O. The maximum atomic E-state index is 10.5. The molecular weight excluding hydrogens is 320 g/mol. The fraction of sp³-hybridized carbons (Fsp3) is 0.312. The highest BCUT2D eigenvalue weighted by Gasteiger charge is 2.17. The van der Waals surface area contributed by atoms with Crippen molar-refractivity contribution < 1.29 is 14.6 Å². The molecule has 0 saturated heterocycles. The Hall–Kier alpha value is -1.55. The van der Waals surface area contributed by atoms with Crippen molar-refractivity contribution >= 4 is 27.5 Å². The molecule has 0 spiro atoms. The van der Waals surface area contributed by atoms with Crippen LogP contribution in [0.5, 0.6) is 5.75 Å². The van der Waals surface area contributed by atoms with Gasteiger partial charge >= 0.3 is 5.97 Å². The fourth-order valence-corrected chi connectivity index (χ4v) is 2.67. The average Bonchev–Trinajstić information content (AvgIpc) is 2.39. The summed E-state index contributed by atoms with van der Waals surface area (Å²) in [6.07, 6.45) is 4.42. The Kier molecular flexibility index (Phi) is 5.57. The molecule has 0 heterocycles. The number of allylic oxidation sites excluding steroid dienone is 3. The number of rotatable bonds is 4. The van der Waals surface area contributed by atoms with Crippen molar-refractivity contribution in [2.75, 3.05) is 7.11 Å². The molecule has 4 heteroatoms. The number of aliphatic carboxylic acids is 1. The largest absolute Gasteiger partial charge is 0.496 e. The summed E-state index contributed by atoms with van der Waals surface area (Å²) in [6, 6.07) is 0. The van der Waals surface area contributed by atoms with Crippen LogP contribution in [0, 0.1) is 20.8 Å². The molecule has 1 aromatic rings. The molecule has 20 heavy (non-hydrogen) atoms. The summed E-state index contributed by atoms with van der Waals surface area (Å²) in [5.74, 6) is -0.125. The second-order valence-electron chi connectivity index (χ2n) is 4.64. The van der Waals surface area contributed by atoms with Crippen LogP contribution in [0.3, 0.4) is 0 Å². The Morgan fingerprint density at radius 2 is 1.80 bits per heavy atom. The first-order chi connectivity index (χ1) is 9.31. The molecule has 0 unspecified atom stereocenters. The number of ether oxygens (including phenoxy) is 1. The molecule has 0 amide bonds. The van der Waals surface area contributed by atoms with Gasteiger partial charge in [-0.2, -0.15) is 0 Å². The predicted molar refractivity (Wildman–Crippen MR) is 85.3 cm³/mol. The molecule has 0 aliphatic carbocycles. The van der Waals surface area contributed by atoms with Crippen LogP contribution in [0.1, 0.15) is 29.2 Å². The van der Waals surface area contributed by atoms with Crippen LogP contribution in [0.4, 0.5) is 0 Å². The number of methoxy groups -OCH3 is 1. The van der Waals surface area contributed by atoms with Crippen LogP contribution in [-0.2, 0) is 4.79 Å². The summed E-state index contributed by atoms with van der Waals surface area (Å²) in [6.45, 7) is 8.02. The van der Waals surface area contributed by atoms with E-state index in [9.17, 15) is 4.79 Å². The van der Waals surface area contributed by atoms with Crippen molar-refractivity contribution in [1.82, 2.24) is 0 Å². The molecule has 3 nitrogen and oxygen atoms in total. The summed E-state index contributed by atoms with van der Waals surface area (Å²) in [5, 5.41) is 8.63. The minimum absolute atomic E-state index is 0.834. The topological polar surface area (TPSA) is 46.5 Å². The lowest BCUT2D eigenvalue weighted by atomic mass is 9.94. The molecule has 108 valence electrons. The quantitative estimate of drug-likeness (QED) is 0.652. The predicted octanol–water partition coefficient (Wildman–Crippen LogP) is 4.43. The summed E-state index contributed by atoms with van der Waals surface area (Å²) >= 11 is 3.61. The Balaban J connectivity index is 3.48. The van der Waals surface area contributed by atoms with Crippen LogP contribution in [0.2, 0.25) is 0 Å². The van der Waals surface area contributed by atoms with Crippen LogP contribution in [-0.4, -0.2) is 18.2 Å². The highest BCUT2D eigenvalue weighted by molar-refractivity contribution is 9.10. The van der Waals surface area contributed by atoms with Crippen LogP contribution in [0.25, 0.3) is 5.57 Å². The summed E-state index contributed by atoms with van der Waals surface area (Å²) < 4.78 is 6.60. The third kappa shape index (κ3) is 3.31. The van der Waals surface area contributed by atoms with E-state index >= 15 is 0 Å². The first-order valence-corrected chi connectivity index (χ1v) is 7.02. The van der Waals surface area contributed by atoms with E-state index in [1.807, 2.05) is 27.7 Å².